The zero-order valence-electron chi connectivity index (χ0n) is 12.5. The maximum absolute atomic E-state index is 5.40. The first-order valence-corrected chi connectivity index (χ1v) is 8.31. The summed E-state index contributed by atoms with van der Waals surface area (Å²) in [6.07, 6.45) is 4.62. The van der Waals surface area contributed by atoms with Crippen LogP contribution in [0, 0.1) is 6.92 Å². The Balaban J connectivity index is 1.55. The molecular weight excluding hydrogens is 294 g/mol. The van der Waals surface area contributed by atoms with Crippen molar-refractivity contribution in [2.45, 2.75) is 26.4 Å². The van der Waals surface area contributed by atoms with Crippen LogP contribution in [0.5, 0.6) is 0 Å². The minimum Gasteiger partial charge on any atom is -0.461 e. The maximum Gasteiger partial charge on any atom is 0.195 e. The van der Waals surface area contributed by atoms with E-state index in [1.165, 1.54) is 16.0 Å². The van der Waals surface area contributed by atoms with E-state index in [2.05, 4.69) is 28.3 Å². The molecule has 22 heavy (non-hydrogen) atoms. The molecular formula is C17H17N3OS. The molecule has 5 heteroatoms. The zero-order chi connectivity index (χ0) is 14.9. The Kier molecular flexibility index (Phi) is 3.52. The molecule has 3 aromatic heterocycles. The highest BCUT2D eigenvalue weighted by Gasteiger charge is 2.19. The number of hydrogen-bond donors (Lipinski definition) is 0. The third-order valence-corrected chi connectivity index (χ3v) is 4.97. The van der Waals surface area contributed by atoms with Gasteiger partial charge in [-0.25, -0.2) is 9.97 Å². The van der Waals surface area contributed by atoms with Crippen LogP contribution in [0.1, 0.15) is 21.7 Å². The molecule has 0 spiro atoms. The second kappa shape index (κ2) is 5.66. The van der Waals surface area contributed by atoms with Crippen molar-refractivity contribution in [3.63, 3.8) is 0 Å². The van der Waals surface area contributed by atoms with Gasteiger partial charge in [0, 0.05) is 30.7 Å². The van der Waals surface area contributed by atoms with E-state index in [1.807, 2.05) is 29.7 Å². The molecule has 0 saturated carbocycles. The van der Waals surface area contributed by atoms with Crippen LogP contribution in [0.25, 0.3) is 11.6 Å². The van der Waals surface area contributed by atoms with E-state index in [0.29, 0.717) is 5.82 Å². The van der Waals surface area contributed by atoms with Crippen LogP contribution in [-0.4, -0.2) is 21.4 Å². The highest BCUT2D eigenvalue weighted by atomic mass is 32.1. The number of hydrogen-bond acceptors (Lipinski definition) is 5. The van der Waals surface area contributed by atoms with Crippen LogP contribution in [0.4, 0.5) is 0 Å². The Bertz CT molecular complexity index is 779. The highest BCUT2D eigenvalue weighted by molar-refractivity contribution is 7.10. The summed E-state index contributed by atoms with van der Waals surface area (Å²) in [7, 11) is 0. The lowest BCUT2D eigenvalue weighted by atomic mass is 10.1. The van der Waals surface area contributed by atoms with Crippen molar-refractivity contribution in [3.8, 4) is 11.6 Å². The van der Waals surface area contributed by atoms with E-state index in [4.69, 9.17) is 9.40 Å². The number of aryl methyl sites for hydroxylation is 1. The predicted octanol–water partition coefficient (Wildman–Crippen LogP) is 3.66. The molecule has 0 N–H and O–H groups in total. The fourth-order valence-electron chi connectivity index (χ4n) is 2.81. The first-order valence-electron chi connectivity index (χ1n) is 7.43. The SMILES string of the molecule is Cc1csc(CN2CCc3cnc(-c4ccco4)nc3C2)c1. The molecule has 0 bridgehead atoms. The molecule has 4 heterocycles. The van der Waals surface area contributed by atoms with Gasteiger partial charge in [0.15, 0.2) is 11.6 Å². The largest absolute Gasteiger partial charge is 0.461 e. The molecule has 0 saturated heterocycles. The minimum atomic E-state index is 0.678. The lowest BCUT2D eigenvalue weighted by Gasteiger charge is -2.27. The monoisotopic (exact) mass is 311 g/mol. The average Bonchev–Trinajstić information content (AvgIpc) is 3.18. The lowest BCUT2D eigenvalue weighted by Crippen LogP contribution is -2.30. The van der Waals surface area contributed by atoms with Gasteiger partial charge >= 0.3 is 0 Å². The molecule has 0 radical (unpaired) electrons. The number of rotatable bonds is 3. The second-order valence-electron chi connectivity index (χ2n) is 5.69. The van der Waals surface area contributed by atoms with E-state index in [9.17, 15) is 0 Å². The summed E-state index contributed by atoms with van der Waals surface area (Å²) in [5.74, 6) is 1.41. The molecule has 0 unspecified atom stereocenters. The van der Waals surface area contributed by atoms with Gasteiger partial charge in [0.1, 0.15) is 0 Å². The highest BCUT2D eigenvalue weighted by Crippen LogP contribution is 2.23. The van der Waals surface area contributed by atoms with Crippen LogP contribution in [0.15, 0.2) is 40.5 Å². The van der Waals surface area contributed by atoms with Crippen molar-refractivity contribution in [1.82, 2.24) is 14.9 Å². The van der Waals surface area contributed by atoms with Crippen LogP contribution in [-0.2, 0) is 19.5 Å². The zero-order valence-corrected chi connectivity index (χ0v) is 13.3. The molecule has 4 nitrogen and oxygen atoms in total. The summed E-state index contributed by atoms with van der Waals surface area (Å²) in [6, 6.07) is 6.04. The molecule has 0 aliphatic carbocycles. The number of nitrogens with zero attached hydrogens (tertiary/aromatic N) is 3. The van der Waals surface area contributed by atoms with Gasteiger partial charge in [-0.2, -0.15) is 0 Å². The topological polar surface area (TPSA) is 42.2 Å². The Morgan fingerprint density at radius 2 is 2.36 bits per heavy atom. The van der Waals surface area contributed by atoms with E-state index in [1.54, 1.807) is 6.26 Å². The molecule has 3 aromatic rings. The van der Waals surface area contributed by atoms with Crippen molar-refractivity contribution in [2.75, 3.05) is 6.54 Å². The fourth-order valence-corrected chi connectivity index (χ4v) is 3.73. The molecule has 0 amide bonds. The maximum atomic E-state index is 5.40. The molecule has 4 rings (SSSR count). The number of fused-ring (bicyclic) bond motifs is 1. The summed E-state index contributed by atoms with van der Waals surface area (Å²) in [5.41, 5.74) is 3.73. The lowest BCUT2D eigenvalue weighted by molar-refractivity contribution is 0.243. The first kappa shape index (κ1) is 13.7. The van der Waals surface area contributed by atoms with Gasteiger partial charge in [-0.1, -0.05) is 0 Å². The Hall–Kier alpha value is -1.98. The molecule has 1 aliphatic rings. The van der Waals surface area contributed by atoms with E-state index in [-0.39, 0.29) is 0 Å². The molecule has 0 atom stereocenters. The predicted molar refractivity (Wildman–Crippen MR) is 86.6 cm³/mol. The summed E-state index contributed by atoms with van der Waals surface area (Å²) in [4.78, 5) is 13.0. The van der Waals surface area contributed by atoms with Crippen LogP contribution in [0.3, 0.4) is 0 Å². The minimum absolute atomic E-state index is 0.678. The summed E-state index contributed by atoms with van der Waals surface area (Å²) >= 11 is 1.84. The van der Waals surface area contributed by atoms with Gasteiger partial charge in [0.25, 0.3) is 0 Å². The van der Waals surface area contributed by atoms with Crippen LogP contribution < -0.4 is 0 Å². The Labute approximate surface area is 133 Å². The van der Waals surface area contributed by atoms with Gasteiger partial charge in [0.05, 0.1) is 12.0 Å². The van der Waals surface area contributed by atoms with Crippen LogP contribution >= 0.6 is 11.3 Å². The van der Waals surface area contributed by atoms with Crippen molar-refractivity contribution in [2.24, 2.45) is 0 Å². The molecule has 112 valence electrons. The van der Waals surface area contributed by atoms with Crippen LogP contribution in [0.2, 0.25) is 0 Å². The summed E-state index contributed by atoms with van der Waals surface area (Å²) in [5, 5.41) is 2.21. The van der Waals surface area contributed by atoms with Gasteiger partial charge in [-0.3, -0.25) is 4.90 Å². The average molecular weight is 311 g/mol. The summed E-state index contributed by atoms with van der Waals surface area (Å²) in [6.45, 7) is 5.09. The van der Waals surface area contributed by atoms with Gasteiger partial charge in [-0.15, -0.1) is 11.3 Å². The molecule has 0 aromatic carbocycles. The smallest absolute Gasteiger partial charge is 0.195 e. The van der Waals surface area contributed by atoms with Crippen molar-refractivity contribution in [1.29, 1.82) is 0 Å². The Morgan fingerprint density at radius 3 is 3.14 bits per heavy atom. The fraction of sp³-hybridized carbons (Fsp3) is 0.294. The van der Waals surface area contributed by atoms with Crippen molar-refractivity contribution in [3.05, 3.63) is 57.7 Å². The molecule has 0 fully saturated rings. The number of furan rings is 1. The van der Waals surface area contributed by atoms with Gasteiger partial charge in [-0.05, 0) is 48.1 Å². The number of aromatic nitrogens is 2. The standard InChI is InChI=1S/C17H17N3OS/c1-12-7-14(22-11-12)9-20-5-4-13-8-18-17(19-15(13)10-20)16-3-2-6-21-16/h2-3,6-8,11H,4-5,9-10H2,1H3. The Morgan fingerprint density at radius 1 is 1.41 bits per heavy atom. The molecule has 1 aliphatic heterocycles. The van der Waals surface area contributed by atoms with Crippen molar-refractivity contribution < 1.29 is 4.42 Å². The normalized spacial score (nSPS) is 15.0. The summed E-state index contributed by atoms with van der Waals surface area (Å²) < 4.78 is 5.40. The van der Waals surface area contributed by atoms with Gasteiger partial charge in [0.2, 0.25) is 0 Å². The third kappa shape index (κ3) is 2.69. The first-order chi connectivity index (χ1) is 10.8. The quantitative estimate of drug-likeness (QED) is 0.740. The van der Waals surface area contributed by atoms with E-state index >= 15 is 0 Å². The van der Waals surface area contributed by atoms with E-state index in [0.717, 1.165) is 37.5 Å². The van der Waals surface area contributed by atoms with Gasteiger partial charge < -0.3 is 4.42 Å². The second-order valence-corrected chi connectivity index (χ2v) is 6.69. The number of thiophene rings is 1. The third-order valence-electron chi connectivity index (χ3n) is 3.93. The van der Waals surface area contributed by atoms with E-state index < -0.39 is 0 Å². The van der Waals surface area contributed by atoms with Crippen molar-refractivity contribution >= 4 is 11.3 Å².